The van der Waals surface area contributed by atoms with Gasteiger partial charge in [0.1, 0.15) is 0 Å². The standard InChI is InChI=1S/C13H25NO4/c1-11-10-17-8-6-14(11)5-4-7-18-13(15)9-12(2)16-3/h11-12H,4-10H2,1-3H3. The highest BCUT2D eigenvalue weighted by atomic mass is 16.5. The summed E-state index contributed by atoms with van der Waals surface area (Å²) in [7, 11) is 1.60. The summed E-state index contributed by atoms with van der Waals surface area (Å²) in [6.45, 7) is 8.02. The zero-order valence-electron chi connectivity index (χ0n) is 11.7. The van der Waals surface area contributed by atoms with Gasteiger partial charge < -0.3 is 14.2 Å². The molecule has 1 aliphatic heterocycles. The van der Waals surface area contributed by atoms with E-state index < -0.39 is 0 Å². The third-order valence-corrected chi connectivity index (χ3v) is 3.21. The van der Waals surface area contributed by atoms with E-state index in [1.54, 1.807) is 7.11 Å². The summed E-state index contributed by atoms with van der Waals surface area (Å²) in [6.07, 6.45) is 1.12. The molecule has 0 aromatic rings. The van der Waals surface area contributed by atoms with Gasteiger partial charge >= 0.3 is 5.97 Å². The van der Waals surface area contributed by atoms with E-state index in [1.807, 2.05) is 6.92 Å². The molecule has 5 nitrogen and oxygen atoms in total. The lowest BCUT2D eigenvalue weighted by molar-refractivity contribution is -0.146. The molecule has 0 bridgehead atoms. The summed E-state index contributed by atoms with van der Waals surface area (Å²) in [6, 6.07) is 0.461. The lowest BCUT2D eigenvalue weighted by Crippen LogP contribution is -2.44. The van der Waals surface area contributed by atoms with Crippen LogP contribution in [0.5, 0.6) is 0 Å². The van der Waals surface area contributed by atoms with Crippen LogP contribution in [0.15, 0.2) is 0 Å². The number of carbonyl (C=O) groups is 1. The molecule has 2 atom stereocenters. The summed E-state index contributed by atoms with van der Waals surface area (Å²) in [5.74, 6) is -0.181. The molecule has 0 N–H and O–H groups in total. The Bertz CT molecular complexity index is 247. The maximum atomic E-state index is 11.4. The van der Waals surface area contributed by atoms with Crippen LogP contribution >= 0.6 is 0 Å². The van der Waals surface area contributed by atoms with Gasteiger partial charge in [0.2, 0.25) is 0 Å². The molecule has 5 heteroatoms. The molecule has 2 unspecified atom stereocenters. The quantitative estimate of drug-likeness (QED) is 0.505. The molecule has 1 saturated heterocycles. The third kappa shape index (κ3) is 5.80. The maximum Gasteiger partial charge on any atom is 0.308 e. The number of hydrogen-bond donors (Lipinski definition) is 0. The van der Waals surface area contributed by atoms with Crippen LogP contribution in [-0.2, 0) is 19.0 Å². The largest absolute Gasteiger partial charge is 0.466 e. The summed E-state index contributed by atoms with van der Waals surface area (Å²) >= 11 is 0. The maximum absolute atomic E-state index is 11.4. The molecule has 0 amide bonds. The molecule has 18 heavy (non-hydrogen) atoms. The number of ether oxygens (including phenoxy) is 3. The topological polar surface area (TPSA) is 48.0 Å². The van der Waals surface area contributed by atoms with Crippen LogP contribution in [0.2, 0.25) is 0 Å². The number of rotatable bonds is 7. The van der Waals surface area contributed by atoms with Gasteiger partial charge in [0.25, 0.3) is 0 Å². The smallest absolute Gasteiger partial charge is 0.308 e. The molecule has 1 fully saturated rings. The van der Waals surface area contributed by atoms with E-state index >= 15 is 0 Å². The Hall–Kier alpha value is -0.650. The highest BCUT2D eigenvalue weighted by Gasteiger charge is 2.18. The molecule has 1 rings (SSSR count). The van der Waals surface area contributed by atoms with Gasteiger partial charge in [-0.1, -0.05) is 0 Å². The zero-order valence-corrected chi connectivity index (χ0v) is 11.7. The average molecular weight is 259 g/mol. The molecule has 0 aromatic heterocycles. The van der Waals surface area contributed by atoms with Gasteiger partial charge in [0.15, 0.2) is 0 Å². The minimum atomic E-state index is -0.181. The van der Waals surface area contributed by atoms with E-state index in [1.165, 1.54) is 0 Å². The van der Waals surface area contributed by atoms with Crippen LogP contribution in [0, 0.1) is 0 Å². The Kier molecular flexibility index (Phi) is 7.23. The minimum Gasteiger partial charge on any atom is -0.466 e. The van der Waals surface area contributed by atoms with Crippen LogP contribution in [0.1, 0.15) is 26.7 Å². The highest BCUT2D eigenvalue weighted by molar-refractivity contribution is 5.69. The Balaban J connectivity index is 2.05. The molecule has 1 heterocycles. The second-order valence-corrected chi connectivity index (χ2v) is 4.78. The van der Waals surface area contributed by atoms with E-state index in [0.29, 0.717) is 19.1 Å². The summed E-state index contributed by atoms with van der Waals surface area (Å²) in [5, 5.41) is 0. The van der Waals surface area contributed by atoms with Crippen molar-refractivity contribution in [3.8, 4) is 0 Å². The number of esters is 1. The van der Waals surface area contributed by atoms with Crippen LogP contribution in [-0.4, -0.2) is 63.0 Å². The predicted octanol–water partition coefficient (Wildman–Crippen LogP) is 1.07. The molecular formula is C13H25NO4. The van der Waals surface area contributed by atoms with Crippen molar-refractivity contribution in [2.24, 2.45) is 0 Å². The van der Waals surface area contributed by atoms with E-state index in [9.17, 15) is 4.79 Å². The van der Waals surface area contributed by atoms with Crippen LogP contribution < -0.4 is 0 Å². The fourth-order valence-corrected chi connectivity index (χ4v) is 1.92. The first-order valence-corrected chi connectivity index (χ1v) is 6.63. The van der Waals surface area contributed by atoms with Crippen molar-refractivity contribution < 1.29 is 19.0 Å². The summed E-state index contributed by atoms with van der Waals surface area (Å²) in [5.41, 5.74) is 0. The van der Waals surface area contributed by atoms with Crippen molar-refractivity contribution in [1.29, 1.82) is 0 Å². The first kappa shape index (κ1) is 15.4. The number of nitrogens with zero attached hydrogens (tertiary/aromatic N) is 1. The number of morpholine rings is 1. The van der Waals surface area contributed by atoms with Crippen molar-refractivity contribution in [1.82, 2.24) is 4.90 Å². The van der Waals surface area contributed by atoms with Gasteiger partial charge in [-0.2, -0.15) is 0 Å². The Morgan fingerprint density at radius 3 is 3.00 bits per heavy atom. The van der Waals surface area contributed by atoms with Gasteiger partial charge in [-0.25, -0.2) is 0 Å². The van der Waals surface area contributed by atoms with Gasteiger partial charge in [-0.15, -0.1) is 0 Å². The van der Waals surface area contributed by atoms with Crippen molar-refractivity contribution in [2.45, 2.75) is 38.8 Å². The molecule has 0 saturated carbocycles. The van der Waals surface area contributed by atoms with E-state index in [-0.39, 0.29) is 12.1 Å². The number of methoxy groups -OCH3 is 1. The van der Waals surface area contributed by atoms with Gasteiger partial charge in [-0.05, 0) is 20.3 Å². The predicted molar refractivity (Wildman–Crippen MR) is 68.5 cm³/mol. The SMILES string of the molecule is COC(C)CC(=O)OCCCN1CCOCC1C. The van der Waals surface area contributed by atoms with Crippen LogP contribution in [0.25, 0.3) is 0 Å². The first-order chi connectivity index (χ1) is 8.63. The number of carbonyl (C=O) groups excluding carboxylic acids is 1. The summed E-state index contributed by atoms with van der Waals surface area (Å²) < 4.78 is 15.5. The number of hydrogen-bond acceptors (Lipinski definition) is 5. The molecule has 0 aliphatic carbocycles. The van der Waals surface area contributed by atoms with Gasteiger partial charge in [0.05, 0.1) is 32.3 Å². The van der Waals surface area contributed by atoms with Crippen molar-refractivity contribution in [2.75, 3.05) is 40.0 Å². The molecule has 0 spiro atoms. The lowest BCUT2D eigenvalue weighted by Gasteiger charge is -2.33. The molecule has 106 valence electrons. The normalized spacial score (nSPS) is 22.7. The van der Waals surface area contributed by atoms with Crippen LogP contribution in [0.4, 0.5) is 0 Å². The average Bonchev–Trinajstić information content (AvgIpc) is 2.36. The Labute approximate surface area is 109 Å². The second-order valence-electron chi connectivity index (χ2n) is 4.78. The molecule has 1 aliphatic rings. The lowest BCUT2D eigenvalue weighted by atomic mass is 10.2. The fraction of sp³-hybridized carbons (Fsp3) is 0.923. The van der Waals surface area contributed by atoms with E-state index in [2.05, 4.69) is 11.8 Å². The third-order valence-electron chi connectivity index (χ3n) is 3.21. The molecule has 0 radical (unpaired) electrons. The first-order valence-electron chi connectivity index (χ1n) is 6.63. The van der Waals surface area contributed by atoms with Gasteiger partial charge in [0, 0.05) is 26.2 Å². The minimum absolute atomic E-state index is 0.0724. The van der Waals surface area contributed by atoms with Gasteiger partial charge in [-0.3, -0.25) is 9.69 Å². The van der Waals surface area contributed by atoms with E-state index in [4.69, 9.17) is 14.2 Å². The Morgan fingerprint density at radius 1 is 1.56 bits per heavy atom. The second kappa shape index (κ2) is 8.45. The highest BCUT2D eigenvalue weighted by Crippen LogP contribution is 2.06. The zero-order chi connectivity index (χ0) is 13.4. The van der Waals surface area contributed by atoms with Crippen LogP contribution in [0.3, 0.4) is 0 Å². The van der Waals surface area contributed by atoms with Crippen molar-refractivity contribution in [3.63, 3.8) is 0 Å². The fourth-order valence-electron chi connectivity index (χ4n) is 1.92. The van der Waals surface area contributed by atoms with Crippen molar-refractivity contribution in [3.05, 3.63) is 0 Å². The van der Waals surface area contributed by atoms with E-state index in [0.717, 1.165) is 32.7 Å². The van der Waals surface area contributed by atoms with Crippen molar-refractivity contribution >= 4 is 5.97 Å². The molecular weight excluding hydrogens is 234 g/mol. The monoisotopic (exact) mass is 259 g/mol. The Morgan fingerprint density at radius 2 is 2.33 bits per heavy atom. The molecule has 0 aromatic carbocycles. The summed E-state index contributed by atoms with van der Waals surface area (Å²) in [4.78, 5) is 13.8.